The zero-order chi connectivity index (χ0) is 47.7. The van der Waals surface area contributed by atoms with E-state index in [0.29, 0.717) is 26.1 Å². The number of unbranched alkanes of at least 4 members (excludes halogenated alkanes) is 44. The maximum absolute atomic E-state index is 12.9. The highest BCUT2D eigenvalue weighted by atomic mass is 16.6. The van der Waals surface area contributed by atoms with Gasteiger partial charge in [0, 0.05) is 19.4 Å². The van der Waals surface area contributed by atoms with Gasteiger partial charge in [0.2, 0.25) is 0 Å². The molecule has 5 heteroatoms. The molecule has 0 aromatic rings. The van der Waals surface area contributed by atoms with E-state index in [1.165, 1.54) is 276 Å². The first-order valence-electron chi connectivity index (χ1n) is 30.2. The third-order valence-electron chi connectivity index (χ3n) is 13.8. The van der Waals surface area contributed by atoms with Crippen LogP contribution < -0.4 is 0 Å². The van der Waals surface area contributed by atoms with Crippen LogP contribution in [0.25, 0.3) is 0 Å². The molecule has 0 saturated carbocycles. The summed E-state index contributed by atoms with van der Waals surface area (Å²) in [6.07, 6.45) is 68.1. The van der Waals surface area contributed by atoms with Crippen LogP contribution in [-0.4, -0.2) is 37.9 Å². The molecule has 0 saturated heterocycles. The van der Waals surface area contributed by atoms with Gasteiger partial charge in [-0.1, -0.05) is 296 Å². The molecule has 1 atom stereocenters. The molecule has 0 aliphatic carbocycles. The average molecular weight is 932 g/mol. The van der Waals surface area contributed by atoms with Gasteiger partial charge in [-0.15, -0.1) is 0 Å². The molecular formula is C61H118O5. The number of carbonyl (C=O) groups is 2. The second kappa shape index (κ2) is 58.0. The number of rotatable bonds is 57. The molecule has 66 heavy (non-hydrogen) atoms. The van der Waals surface area contributed by atoms with Gasteiger partial charge in [0.15, 0.2) is 6.10 Å². The third-order valence-corrected chi connectivity index (χ3v) is 13.8. The summed E-state index contributed by atoms with van der Waals surface area (Å²) in [5.74, 6) is -0.369. The van der Waals surface area contributed by atoms with Gasteiger partial charge in [-0.25, -0.2) is 0 Å². The van der Waals surface area contributed by atoms with Crippen LogP contribution in [-0.2, 0) is 23.8 Å². The van der Waals surface area contributed by atoms with E-state index in [9.17, 15) is 9.59 Å². The second-order valence-corrected chi connectivity index (χ2v) is 20.6. The third kappa shape index (κ3) is 55.2. The van der Waals surface area contributed by atoms with E-state index in [4.69, 9.17) is 14.2 Å². The summed E-state index contributed by atoms with van der Waals surface area (Å²) in [5.41, 5.74) is 0. The lowest BCUT2D eigenvalue weighted by Crippen LogP contribution is -2.30. The Hall–Kier alpha value is -1.36. The summed E-state index contributed by atoms with van der Waals surface area (Å²) in [6, 6.07) is 0. The Labute approximate surface area is 414 Å². The fraction of sp³-hybridized carbons (Fsp3) is 0.934. The molecule has 0 heterocycles. The van der Waals surface area contributed by atoms with Crippen molar-refractivity contribution in [2.75, 3.05) is 19.8 Å². The molecule has 0 amide bonds. The van der Waals surface area contributed by atoms with E-state index >= 15 is 0 Å². The van der Waals surface area contributed by atoms with Crippen molar-refractivity contribution >= 4 is 11.9 Å². The van der Waals surface area contributed by atoms with Crippen LogP contribution in [0.4, 0.5) is 0 Å². The molecule has 0 spiro atoms. The SMILES string of the molecule is CCCCCCCC/C=C\CCCCCCCCCCOCC(COC(=O)CCCCCCCCCCCCCCCCCCC)OC(=O)CCCCCCCCCCCCCCCCC. The highest BCUT2D eigenvalue weighted by molar-refractivity contribution is 5.70. The highest BCUT2D eigenvalue weighted by Gasteiger charge is 2.18. The van der Waals surface area contributed by atoms with Crippen LogP contribution in [0.3, 0.4) is 0 Å². The second-order valence-electron chi connectivity index (χ2n) is 20.6. The molecule has 0 rings (SSSR count). The molecule has 1 unspecified atom stereocenters. The molecule has 0 N–H and O–H groups in total. The molecular weight excluding hydrogens is 813 g/mol. The maximum atomic E-state index is 12.9. The Bertz CT molecular complexity index is 963. The van der Waals surface area contributed by atoms with E-state index in [1.807, 2.05) is 0 Å². The van der Waals surface area contributed by atoms with Crippen LogP contribution >= 0.6 is 0 Å². The smallest absolute Gasteiger partial charge is 0.306 e. The molecule has 392 valence electrons. The largest absolute Gasteiger partial charge is 0.462 e. The fourth-order valence-corrected chi connectivity index (χ4v) is 9.27. The van der Waals surface area contributed by atoms with Crippen LogP contribution in [0, 0.1) is 0 Å². The van der Waals surface area contributed by atoms with E-state index < -0.39 is 6.10 Å². The zero-order valence-electron chi connectivity index (χ0n) is 45.2. The molecule has 0 aliphatic rings. The van der Waals surface area contributed by atoms with Crippen LogP contribution in [0.2, 0.25) is 0 Å². The van der Waals surface area contributed by atoms with Crippen molar-refractivity contribution in [1.82, 2.24) is 0 Å². The Kier molecular flexibility index (Phi) is 56.8. The van der Waals surface area contributed by atoms with Gasteiger partial charge in [0.05, 0.1) is 6.61 Å². The normalized spacial score (nSPS) is 12.1. The van der Waals surface area contributed by atoms with Gasteiger partial charge in [0.25, 0.3) is 0 Å². The molecule has 5 nitrogen and oxygen atoms in total. The number of hydrogen-bond donors (Lipinski definition) is 0. The lowest BCUT2D eigenvalue weighted by molar-refractivity contribution is -0.163. The minimum atomic E-state index is -0.529. The van der Waals surface area contributed by atoms with Gasteiger partial charge in [-0.2, -0.15) is 0 Å². The molecule has 0 fully saturated rings. The van der Waals surface area contributed by atoms with Crippen LogP contribution in [0.15, 0.2) is 12.2 Å². The quantitative estimate of drug-likeness (QED) is 0.0345. The highest BCUT2D eigenvalue weighted by Crippen LogP contribution is 2.17. The number of allylic oxidation sites excluding steroid dienone is 2. The van der Waals surface area contributed by atoms with E-state index in [-0.39, 0.29) is 18.5 Å². The molecule has 0 aromatic heterocycles. The lowest BCUT2D eigenvalue weighted by atomic mass is 10.0. The van der Waals surface area contributed by atoms with Gasteiger partial charge in [-0.3, -0.25) is 9.59 Å². The van der Waals surface area contributed by atoms with E-state index in [2.05, 4.69) is 32.9 Å². The number of hydrogen-bond acceptors (Lipinski definition) is 5. The molecule has 0 aromatic carbocycles. The van der Waals surface area contributed by atoms with Gasteiger partial charge in [0.1, 0.15) is 6.61 Å². The first kappa shape index (κ1) is 64.6. The number of carbonyl (C=O) groups excluding carboxylic acids is 2. The summed E-state index contributed by atoms with van der Waals surface area (Å²) in [6.45, 7) is 7.91. The molecule has 0 radical (unpaired) electrons. The summed E-state index contributed by atoms with van der Waals surface area (Å²) in [4.78, 5) is 25.5. The number of esters is 2. The predicted octanol–water partition coefficient (Wildman–Crippen LogP) is 20.6. The fourth-order valence-electron chi connectivity index (χ4n) is 9.27. The van der Waals surface area contributed by atoms with Gasteiger partial charge in [-0.05, 0) is 44.9 Å². The van der Waals surface area contributed by atoms with Crippen molar-refractivity contribution < 1.29 is 23.8 Å². The minimum absolute atomic E-state index is 0.0945. The van der Waals surface area contributed by atoms with Crippen molar-refractivity contribution in [2.24, 2.45) is 0 Å². The summed E-state index contributed by atoms with van der Waals surface area (Å²) in [5, 5.41) is 0. The van der Waals surface area contributed by atoms with Gasteiger partial charge >= 0.3 is 11.9 Å². The van der Waals surface area contributed by atoms with Crippen molar-refractivity contribution in [3.63, 3.8) is 0 Å². The average Bonchev–Trinajstić information content (AvgIpc) is 3.32. The Morgan fingerprint density at radius 2 is 0.591 bits per heavy atom. The van der Waals surface area contributed by atoms with E-state index in [1.54, 1.807) is 0 Å². The monoisotopic (exact) mass is 931 g/mol. The van der Waals surface area contributed by atoms with Crippen LogP contribution in [0.5, 0.6) is 0 Å². The number of ether oxygens (including phenoxy) is 3. The Morgan fingerprint density at radius 1 is 0.318 bits per heavy atom. The van der Waals surface area contributed by atoms with Crippen molar-refractivity contribution in [3.8, 4) is 0 Å². The van der Waals surface area contributed by atoms with Crippen molar-refractivity contribution in [1.29, 1.82) is 0 Å². The summed E-state index contributed by atoms with van der Waals surface area (Å²) < 4.78 is 17.5. The standard InChI is InChI=1S/C61H118O5/c1-4-7-10-13-16-19-22-25-28-30-32-35-38-41-44-47-50-53-56-64-57-59(66-61(63)55-52-49-46-43-40-37-33-27-24-21-18-15-12-9-6-3)58-65-60(62)54-51-48-45-42-39-36-34-31-29-26-23-20-17-14-11-8-5-2/h25,28,59H,4-24,26-27,29-58H2,1-3H3/b28-25-. The first-order chi connectivity index (χ1) is 32.6. The minimum Gasteiger partial charge on any atom is -0.462 e. The zero-order valence-corrected chi connectivity index (χ0v) is 45.2. The van der Waals surface area contributed by atoms with Crippen LogP contribution in [0.1, 0.15) is 342 Å². The molecule has 0 bridgehead atoms. The Morgan fingerprint density at radius 3 is 0.924 bits per heavy atom. The lowest BCUT2D eigenvalue weighted by Gasteiger charge is -2.18. The molecule has 0 aliphatic heterocycles. The van der Waals surface area contributed by atoms with Crippen molar-refractivity contribution in [3.05, 3.63) is 12.2 Å². The predicted molar refractivity (Wildman–Crippen MR) is 289 cm³/mol. The van der Waals surface area contributed by atoms with E-state index in [0.717, 1.165) is 32.1 Å². The van der Waals surface area contributed by atoms with Gasteiger partial charge < -0.3 is 14.2 Å². The summed E-state index contributed by atoms with van der Waals surface area (Å²) in [7, 11) is 0. The topological polar surface area (TPSA) is 61.8 Å². The first-order valence-corrected chi connectivity index (χ1v) is 30.2. The maximum Gasteiger partial charge on any atom is 0.306 e. The van der Waals surface area contributed by atoms with Crippen molar-refractivity contribution in [2.45, 2.75) is 348 Å². The Balaban J connectivity index is 4.20. The summed E-state index contributed by atoms with van der Waals surface area (Å²) >= 11 is 0.